The average Bonchev–Trinajstić information content (AvgIpc) is 2.33. The molecule has 0 radical (unpaired) electrons. The molecular weight excluding hydrogens is 216 g/mol. The molecule has 17 heavy (non-hydrogen) atoms. The van der Waals surface area contributed by atoms with Crippen molar-refractivity contribution in [1.82, 2.24) is 5.32 Å². The number of rotatable bonds is 3. The van der Waals surface area contributed by atoms with Gasteiger partial charge in [0, 0.05) is 17.5 Å². The molecule has 1 N–H and O–H groups in total. The Morgan fingerprint density at radius 1 is 1.59 bits per heavy atom. The van der Waals surface area contributed by atoms with Crippen LogP contribution in [0.4, 0.5) is 0 Å². The summed E-state index contributed by atoms with van der Waals surface area (Å²) >= 11 is 0. The Balaban J connectivity index is 1.97. The van der Waals surface area contributed by atoms with E-state index < -0.39 is 0 Å². The number of nitrogens with zero attached hydrogens (tertiary/aromatic N) is 1. The van der Waals surface area contributed by atoms with Crippen molar-refractivity contribution in [3.8, 4) is 6.07 Å². The number of nitrogens with one attached hydrogen (secondary N) is 1. The summed E-state index contributed by atoms with van der Waals surface area (Å²) in [6.07, 6.45) is 0. The molecule has 1 aliphatic rings. The van der Waals surface area contributed by atoms with E-state index in [-0.39, 0.29) is 11.3 Å². The van der Waals surface area contributed by atoms with E-state index >= 15 is 0 Å². The molecule has 4 heteroatoms. The van der Waals surface area contributed by atoms with E-state index in [1.807, 2.05) is 6.07 Å². The molecule has 4 nitrogen and oxygen atoms in total. The minimum atomic E-state index is -0.143. The highest BCUT2D eigenvalue weighted by Crippen LogP contribution is 2.25. The molecule has 2 rings (SSSR count). The van der Waals surface area contributed by atoms with Gasteiger partial charge in [-0.05, 0) is 18.2 Å². The van der Waals surface area contributed by atoms with Gasteiger partial charge in [0.25, 0.3) is 5.91 Å². The summed E-state index contributed by atoms with van der Waals surface area (Å²) in [6.45, 7) is 4.04. The third-order valence-corrected chi connectivity index (χ3v) is 2.83. The van der Waals surface area contributed by atoms with Crippen LogP contribution in [0.15, 0.2) is 24.3 Å². The van der Waals surface area contributed by atoms with Gasteiger partial charge in [0.05, 0.1) is 24.8 Å². The first-order valence-corrected chi connectivity index (χ1v) is 5.49. The van der Waals surface area contributed by atoms with Crippen LogP contribution < -0.4 is 5.32 Å². The predicted molar refractivity (Wildman–Crippen MR) is 62.4 cm³/mol. The van der Waals surface area contributed by atoms with Gasteiger partial charge in [-0.25, -0.2) is 0 Å². The molecule has 0 aromatic heterocycles. The SMILES string of the molecule is CC1(CNC(=O)c2cccc(C#N)c2)COC1. The molecular formula is C13H14N2O2. The third-order valence-electron chi connectivity index (χ3n) is 2.83. The molecule has 0 saturated carbocycles. The number of ether oxygens (including phenoxy) is 1. The van der Waals surface area contributed by atoms with Crippen molar-refractivity contribution in [2.24, 2.45) is 5.41 Å². The minimum Gasteiger partial charge on any atom is -0.380 e. The van der Waals surface area contributed by atoms with Crippen LogP contribution >= 0.6 is 0 Å². The number of benzene rings is 1. The Labute approximate surface area is 100 Å². The predicted octanol–water partition coefficient (Wildman–Crippen LogP) is 1.32. The second-order valence-corrected chi connectivity index (χ2v) is 4.68. The largest absolute Gasteiger partial charge is 0.380 e. The van der Waals surface area contributed by atoms with Crippen LogP contribution in [0.2, 0.25) is 0 Å². The highest BCUT2D eigenvalue weighted by atomic mass is 16.5. The maximum absolute atomic E-state index is 11.8. The van der Waals surface area contributed by atoms with Gasteiger partial charge in [-0.3, -0.25) is 4.79 Å². The number of nitriles is 1. The molecule has 1 aromatic rings. The smallest absolute Gasteiger partial charge is 0.251 e. The van der Waals surface area contributed by atoms with Crippen molar-refractivity contribution in [3.05, 3.63) is 35.4 Å². The highest BCUT2D eigenvalue weighted by molar-refractivity contribution is 5.94. The van der Waals surface area contributed by atoms with E-state index in [1.165, 1.54) is 0 Å². The molecule has 0 bridgehead atoms. The van der Waals surface area contributed by atoms with E-state index in [1.54, 1.807) is 24.3 Å². The van der Waals surface area contributed by atoms with Gasteiger partial charge in [0.15, 0.2) is 0 Å². The lowest BCUT2D eigenvalue weighted by molar-refractivity contribution is -0.0978. The molecule has 0 atom stereocenters. The quantitative estimate of drug-likeness (QED) is 0.852. The summed E-state index contributed by atoms with van der Waals surface area (Å²) in [7, 11) is 0. The van der Waals surface area contributed by atoms with Crippen molar-refractivity contribution in [2.75, 3.05) is 19.8 Å². The summed E-state index contributed by atoms with van der Waals surface area (Å²) in [5.41, 5.74) is 1.08. The van der Waals surface area contributed by atoms with Gasteiger partial charge >= 0.3 is 0 Å². The molecule has 0 spiro atoms. The Kier molecular flexibility index (Phi) is 3.12. The van der Waals surface area contributed by atoms with E-state index in [0.29, 0.717) is 30.9 Å². The number of carbonyl (C=O) groups excluding carboxylic acids is 1. The van der Waals surface area contributed by atoms with Crippen LogP contribution in [0.25, 0.3) is 0 Å². The van der Waals surface area contributed by atoms with Crippen LogP contribution in [-0.2, 0) is 4.74 Å². The summed E-state index contributed by atoms with van der Waals surface area (Å²) in [5, 5.41) is 11.6. The lowest BCUT2D eigenvalue weighted by Crippen LogP contribution is -2.48. The summed E-state index contributed by atoms with van der Waals surface area (Å²) in [6, 6.07) is 8.70. The Bertz CT molecular complexity index is 473. The molecule has 88 valence electrons. The van der Waals surface area contributed by atoms with Gasteiger partial charge in [0.2, 0.25) is 0 Å². The van der Waals surface area contributed by atoms with E-state index in [0.717, 1.165) is 0 Å². The van der Waals surface area contributed by atoms with Gasteiger partial charge in [-0.2, -0.15) is 5.26 Å². The summed E-state index contributed by atoms with van der Waals surface area (Å²) in [5.74, 6) is -0.143. The Morgan fingerprint density at radius 2 is 2.35 bits per heavy atom. The first-order chi connectivity index (χ1) is 8.13. The number of hydrogen-bond acceptors (Lipinski definition) is 3. The highest BCUT2D eigenvalue weighted by Gasteiger charge is 2.33. The van der Waals surface area contributed by atoms with Crippen LogP contribution in [0.5, 0.6) is 0 Å². The fourth-order valence-electron chi connectivity index (χ4n) is 1.68. The molecule has 1 aliphatic heterocycles. The van der Waals surface area contributed by atoms with Crippen LogP contribution in [0, 0.1) is 16.7 Å². The van der Waals surface area contributed by atoms with Crippen molar-refractivity contribution >= 4 is 5.91 Å². The topological polar surface area (TPSA) is 62.1 Å². The molecule has 1 heterocycles. The zero-order valence-corrected chi connectivity index (χ0v) is 9.69. The zero-order valence-electron chi connectivity index (χ0n) is 9.69. The molecule has 1 fully saturated rings. The maximum Gasteiger partial charge on any atom is 0.251 e. The van der Waals surface area contributed by atoms with Gasteiger partial charge in [0.1, 0.15) is 0 Å². The van der Waals surface area contributed by atoms with Crippen molar-refractivity contribution < 1.29 is 9.53 Å². The fourth-order valence-corrected chi connectivity index (χ4v) is 1.68. The standard InChI is InChI=1S/C13H14N2O2/c1-13(8-17-9-13)7-15-12(16)11-4-2-3-10(5-11)6-14/h2-5H,7-9H2,1H3,(H,15,16). The van der Waals surface area contributed by atoms with Crippen LogP contribution in [-0.4, -0.2) is 25.7 Å². The lowest BCUT2D eigenvalue weighted by atomic mass is 9.88. The fraction of sp³-hybridized carbons (Fsp3) is 0.385. The van der Waals surface area contributed by atoms with Gasteiger partial charge < -0.3 is 10.1 Å². The van der Waals surface area contributed by atoms with E-state index in [2.05, 4.69) is 12.2 Å². The molecule has 0 unspecified atom stereocenters. The second-order valence-electron chi connectivity index (χ2n) is 4.68. The molecule has 1 aromatic carbocycles. The normalized spacial score (nSPS) is 16.7. The van der Waals surface area contributed by atoms with Gasteiger partial charge in [-0.1, -0.05) is 13.0 Å². The van der Waals surface area contributed by atoms with Crippen molar-refractivity contribution in [3.63, 3.8) is 0 Å². The average molecular weight is 230 g/mol. The van der Waals surface area contributed by atoms with E-state index in [9.17, 15) is 4.79 Å². The second kappa shape index (κ2) is 4.56. The maximum atomic E-state index is 11.8. The summed E-state index contributed by atoms with van der Waals surface area (Å²) in [4.78, 5) is 11.8. The summed E-state index contributed by atoms with van der Waals surface area (Å²) < 4.78 is 5.12. The van der Waals surface area contributed by atoms with E-state index in [4.69, 9.17) is 10.00 Å². The number of carbonyl (C=O) groups is 1. The first-order valence-electron chi connectivity index (χ1n) is 5.49. The van der Waals surface area contributed by atoms with Crippen LogP contribution in [0.1, 0.15) is 22.8 Å². The molecule has 1 saturated heterocycles. The van der Waals surface area contributed by atoms with Gasteiger partial charge in [-0.15, -0.1) is 0 Å². The van der Waals surface area contributed by atoms with Crippen molar-refractivity contribution in [2.45, 2.75) is 6.92 Å². The minimum absolute atomic E-state index is 0.0580. The zero-order chi connectivity index (χ0) is 12.3. The Morgan fingerprint density at radius 3 is 2.94 bits per heavy atom. The Hall–Kier alpha value is -1.86. The number of amides is 1. The van der Waals surface area contributed by atoms with Crippen molar-refractivity contribution in [1.29, 1.82) is 5.26 Å². The first kappa shape index (κ1) is 11.6. The molecule has 0 aliphatic carbocycles. The molecule has 1 amide bonds. The van der Waals surface area contributed by atoms with Crippen LogP contribution in [0.3, 0.4) is 0 Å². The lowest BCUT2D eigenvalue weighted by Gasteiger charge is -2.38. The monoisotopic (exact) mass is 230 g/mol. The third kappa shape index (κ3) is 2.63. The number of hydrogen-bond donors (Lipinski definition) is 1.